The lowest BCUT2D eigenvalue weighted by Crippen LogP contribution is -2.41. The number of rotatable bonds is 7. The van der Waals surface area contributed by atoms with E-state index in [1.807, 2.05) is 0 Å². The fourth-order valence-electron chi connectivity index (χ4n) is 1.01. The second kappa shape index (κ2) is 6.78. The van der Waals surface area contributed by atoms with Crippen LogP contribution >= 0.6 is 0 Å². The van der Waals surface area contributed by atoms with Crippen molar-refractivity contribution in [3.8, 4) is 0 Å². The van der Waals surface area contributed by atoms with Gasteiger partial charge in [-0.25, -0.2) is 0 Å². The number of carbonyl (C=O) groups excluding carboxylic acids is 2. The van der Waals surface area contributed by atoms with Crippen LogP contribution in [0.15, 0.2) is 0 Å². The molecule has 0 aromatic carbocycles. The number of primary amides is 1. The lowest BCUT2D eigenvalue weighted by Gasteiger charge is -2.13. The van der Waals surface area contributed by atoms with Crippen LogP contribution in [0, 0.1) is 5.92 Å². The number of aliphatic carboxylic acids is 1. The molecule has 0 radical (unpaired) electrons. The second-order valence-electron chi connectivity index (χ2n) is 3.57. The van der Waals surface area contributed by atoms with Crippen molar-refractivity contribution in [2.24, 2.45) is 17.4 Å². The number of carbonyl (C=O) groups is 3. The van der Waals surface area contributed by atoms with Gasteiger partial charge in [0.05, 0.1) is 12.0 Å². The van der Waals surface area contributed by atoms with Crippen molar-refractivity contribution < 1.29 is 19.5 Å². The molecular formula is C9H17N3O4. The molecule has 0 aliphatic carbocycles. The van der Waals surface area contributed by atoms with E-state index in [2.05, 4.69) is 5.32 Å². The van der Waals surface area contributed by atoms with Crippen molar-refractivity contribution in [1.82, 2.24) is 5.32 Å². The maximum atomic E-state index is 11.1. The average molecular weight is 231 g/mol. The van der Waals surface area contributed by atoms with Gasteiger partial charge >= 0.3 is 5.97 Å². The monoisotopic (exact) mass is 231 g/mol. The Balaban J connectivity index is 4.09. The van der Waals surface area contributed by atoms with E-state index in [0.717, 1.165) is 0 Å². The molecule has 0 heterocycles. The second-order valence-corrected chi connectivity index (χ2v) is 3.57. The summed E-state index contributed by atoms with van der Waals surface area (Å²) in [6.07, 6.45) is 0.0783. The summed E-state index contributed by atoms with van der Waals surface area (Å²) in [5.41, 5.74) is 10.2. The molecule has 2 unspecified atom stereocenters. The highest BCUT2D eigenvalue weighted by Gasteiger charge is 2.19. The summed E-state index contributed by atoms with van der Waals surface area (Å²) in [7, 11) is 0. The first kappa shape index (κ1) is 14.4. The van der Waals surface area contributed by atoms with Crippen molar-refractivity contribution >= 4 is 17.8 Å². The molecular weight excluding hydrogens is 214 g/mol. The van der Waals surface area contributed by atoms with E-state index >= 15 is 0 Å². The van der Waals surface area contributed by atoms with Gasteiger partial charge in [0.15, 0.2) is 0 Å². The molecule has 6 N–H and O–H groups in total. The Morgan fingerprint density at radius 2 is 1.94 bits per heavy atom. The van der Waals surface area contributed by atoms with Crippen LogP contribution < -0.4 is 16.8 Å². The van der Waals surface area contributed by atoms with Crippen LogP contribution in [0.1, 0.15) is 19.8 Å². The van der Waals surface area contributed by atoms with Crippen molar-refractivity contribution in [2.75, 3.05) is 6.54 Å². The van der Waals surface area contributed by atoms with Crippen molar-refractivity contribution in [3.63, 3.8) is 0 Å². The summed E-state index contributed by atoms with van der Waals surface area (Å²) in [5.74, 6) is -2.89. The van der Waals surface area contributed by atoms with E-state index in [1.54, 1.807) is 0 Å². The topological polar surface area (TPSA) is 136 Å². The molecule has 0 bridgehead atoms. The fraction of sp³-hybridized carbons (Fsp3) is 0.667. The molecule has 0 saturated carbocycles. The number of hydrogen-bond donors (Lipinski definition) is 4. The summed E-state index contributed by atoms with van der Waals surface area (Å²) < 4.78 is 0. The number of amides is 2. The van der Waals surface area contributed by atoms with Gasteiger partial charge in [0, 0.05) is 13.0 Å². The van der Waals surface area contributed by atoms with E-state index in [0.29, 0.717) is 0 Å². The highest BCUT2D eigenvalue weighted by Crippen LogP contribution is 2.05. The third kappa shape index (κ3) is 5.97. The Hall–Kier alpha value is -1.63. The summed E-state index contributed by atoms with van der Waals surface area (Å²) in [4.78, 5) is 32.3. The van der Waals surface area contributed by atoms with Crippen LogP contribution in [-0.2, 0) is 14.4 Å². The Morgan fingerprint density at radius 3 is 2.31 bits per heavy atom. The van der Waals surface area contributed by atoms with Gasteiger partial charge in [-0.3, -0.25) is 14.4 Å². The van der Waals surface area contributed by atoms with Crippen LogP contribution in [0.4, 0.5) is 0 Å². The Labute approximate surface area is 93.2 Å². The molecule has 0 fully saturated rings. The lowest BCUT2D eigenvalue weighted by atomic mass is 10.0. The summed E-state index contributed by atoms with van der Waals surface area (Å²) >= 11 is 0. The zero-order chi connectivity index (χ0) is 12.7. The fourth-order valence-corrected chi connectivity index (χ4v) is 1.01. The van der Waals surface area contributed by atoms with Gasteiger partial charge in [0.2, 0.25) is 11.8 Å². The maximum absolute atomic E-state index is 11.1. The van der Waals surface area contributed by atoms with Crippen LogP contribution in [0.2, 0.25) is 0 Å². The van der Waals surface area contributed by atoms with E-state index in [4.69, 9.17) is 16.6 Å². The van der Waals surface area contributed by atoms with Gasteiger partial charge in [-0.1, -0.05) is 0 Å². The number of carboxylic acids is 1. The van der Waals surface area contributed by atoms with Crippen LogP contribution in [0.3, 0.4) is 0 Å². The highest BCUT2D eigenvalue weighted by atomic mass is 16.4. The minimum absolute atomic E-state index is 0.0228. The van der Waals surface area contributed by atoms with E-state index in [1.165, 1.54) is 6.92 Å². The van der Waals surface area contributed by atoms with E-state index in [9.17, 15) is 14.4 Å². The number of nitrogens with two attached hydrogens (primary N) is 2. The third-order valence-electron chi connectivity index (χ3n) is 2.02. The molecule has 16 heavy (non-hydrogen) atoms. The van der Waals surface area contributed by atoms with Gasteiger partial charge < -0.3 is 21.9 Å². The largest absolute Gasteiger partial charge is 0.481 e. The highest BCUT2D eigenvalue weighted by molar-refractivity contribution is 5.82. The molecule has 0 saturated heterocycles. The van der Waals surface area contributed by atoms with Gasteiger partial charge in [-0.05, 0) is 13.3 Å². The molecule has 92 valence electrons. The lowest BCUT2D eigenvalue weighted by molar-refractivity contribution is -0.142. The first-order valence-corrected chi connectivity index (χ1v) is 4.89. The third-order valence-corrected chi connectivity index (χ3v) is 2.02. The predicted octanol–water partition coefficient (Wildman–Crippen LogP) is -1.58. The normalized spacial score (nSPS) is 13.9. The standard InChI is InChI=1S/C9H17N3O4/c1-5(10)8(14)12-4-6(9(15)16)2-3-7(11)13/h5-6H,2-4,10H2,1H3,(H2,11,13)(H,12,14)(H,15,16). The van der Waals surface area contributed by atoms with Crippen LogP contribution in [0.5, 0.6) is 0 Å². The molecule has 0 aromatic rings. The van der Waals surface area contributed by atoms with Crippen LogP contribution in [0.25, 0.3) is 0 Å². The van der Waals surface area contributed by atoms with Gasteiger partial charge in [-0.15, -0.1) is 0 Å². The van der Waals surface area contributed by atoms with Gasteiger partial charge in [-0.2, -0.15) is 0 Å². The van der Waals surface area contributed by atoms with E-state index in [-0.39, 0.29) is 19.4 Å². The first-order chi connectivity index (χ1) is 7.34. The Bertz CT molecular complexity index is 278. The number of nitrogens with one attached hydrogen (secondary N) is 1. The molecule has 0 aliphatic heterocycles. The average Bonchev–Trinajstić information content (AvgIpc) is 2.15. The Kier molecular flexibility index (Phi) is 6.09. The van der Waals surface area contributed by atoms with Crippen molar-refractivity contribution in [3.05, 3.63) is 0 Å². The van der Waals surface area contributed by atoms with E-state index < -0.39 is 29.7 Å². The van der Waals surface area contributed by atoms with Crippen LogP contribution in [-0.4, -0.2) is 35.5 Å². The molecule has 2 amide bonds. The zero-order valence-corrected chi connectivity index (χ0v) is 9.10. The number of carboxylic acid groups (broad SMARTS) is 1. The first-order valence-electron chi connectivity index (χ1n) is 4.89. The SMILES string of the molecule is CC(N)C(=O)NCC(CCC(N)=O)C(=O)O. The molecule has 7 heteroatoms. The van der Waals surface area contributed by atoms with Crippen molar-refractivity contribution in [2.45, 2.75) is 25.8 Å². The molecule has 0 aliphatic rings. The molecule has 0 aromatic heterocycles. The molecule has 2 atom stereocenters. The summed E-state index contributed by atoms with van der Waals surface area (Å²) in [6, 6.07) is -0.689. The van der Waals surface area contributed by atoms with Gasteiger partial charge in [0.25, 0.3) is 0 Å². The molecule has 0 spiro atoms. The molecule has 7 nitrogen and oxygen atoms in total. The minimum atomic E-state index is -1.08. The summed E-state index contributed by atoms with van der Waals surface area (Å²) in [5, 5.41) is 11.2. The van der Waals surface area contributed by atoms with Gasteiger partial charge in [0.1, 0.15) is 0 Å². The predicted molar refractivity (Wildman–Crippen MR) is 56.2 cm³/mol. The quantitative estimate of drug-likeness (QED) is 0.419. The smallest absolute Gasteiger partial charge is 0.308 e. The number of hydrogen-bond acceptors (Lipinski definition) is 4. The zero-order valence-electron chi connectivity index (χ0n) is 9.10. The molecule has 0 rings (SSSR count). The van der Waals surface area contributed by atoms with Crippen molar-refractivity contribution in [1.29, 1.82) is 0 Å². The minimum Gasteiger partial charge on any atom is -0.481 e. The Morgan fingerprint density at radius 1 is 1.38 bits per heavy atom. The maximum Gasteiger partial charge on any atom is 0.308 e. The summed E-state index contributed by atoms with van der Waals surface area (Å²) in [6.45, 7) is 1.44.